The van der Waals surface area contributed by atoms with E-state index in [1.807, 2.05) is 13.0 Å². The Labute approximate surface area is 98.9 Å². The van der Waals surface area contributed by atoms with Crippen LogP contribution < -0.4 is 11.2 Å². The van der Waals surface area contributed by atoms with E-state index in [4.69, 9.17) is 5.26 Å². The maximum atomic E-state index is 12.1. The summed E-state index contributed by atoms with van der Waals surface area (Å²) in [5.74, 6) is 0. The first-order chi connectivity index (χ1) is 8.19. The van der Waals surface area contributed by atoms with E-state index in [-0.39, 0.29) is 17.3 Å². The Morgan fingerprint density at radius 2 is 2.18 bits per heavy atom. The van der Waals surface area contributed by atoms with Gasteiger partial charge in [0.25, 0.3) is 5.56 Å². The molecule has 1 heterocycles. The third kappa shape index (κ3) is 2.16. The number of rotatable bonds is 4. The van der Waals surface area contributed by atoms with Crippen LogP contribution in [-0.4, -0.2) is 9.13 Å². The second-order valence-electron chi connectivity index (χ2n) is 4.39. The molecule has 0 aliphatic heterocycles. The van der Waals surface area contributed by atoms with E-state index in [1.54, 1.807) is 0 Å². The van der Waals surface area contributed by atoms with E-state index in [0.717, 1.165) is 25.7 Å². The van der Waals surface area contributed by atoms with Gasteiger partial charge in [-0.2, -0.15) is 5.26 Å². The molecule has 0 unspecified atom stereocenters. The molecule has 5 nitrogen and oxygen atoms in total. The lowest BCUT2D eigenvalue weighted by molar-refractivity contribution is 0.533. The van der Waals surface area contributed by atoms with Crippen molar-refractivity contribution in [1.29, 1.82) is 5.26 Å². The van der Waals surface area contributed by atoms with Gasteiger partial charge in [0.15, 0.2) is 0 Å². The zero-order valence-corrected chi connectivity index (χ0v) is 9.85. The van der Waals surface area contributed by atoms with Gasteiger partial charge in [0.2, 0.25) is 0 Å². The fourth-order valence-electron chi connectivity index (χ4n) is 1.83. The monoisotopic (exact) mass is 233 g/mol. The predicted octanol–water partition coefficient (Wildman–Crippen LogP) is 1.02. The number of hydrogen-bond donors (Lipinski definition) is 0. The molecular formula is C12H15N3O2. The Hall–Kier alpha value is -1.83. The first kappa shape index (κ1) is 11.6. The minimum atomic E-state index is -0.456. The smallest absolute Gasteiger partial charge is 0.296 e. The van der Waals surface area contributed by atoms with Gasteiger partial charge in [0.05, 0.1) is 0 Å². The zero-order valence-electron chi connectivity index (χ0n) is 9.85. The summed E-state index contributed by atoms with van der Waals surface area (Å²) in [5, 5.41) is 8.91. The van der Waals surface area contributed by atoms with Crippen LogP contribution in [-0.2, 0) is 6.54 Å². The molecule has 0 atom stereocenters. The number of nitriles is 1. The molecule has 90 valence electrons. The summed E-state index contributed by atoms with van der Waals surface area (Å²) in [6.45, 7) is 2.40. The lowest BCUT2D eigenvalue weighted by atomic mass is 10.3. The number of nitrogens with zero attached hydrogens (tertiary/aromatic N) is 3. The quantitative estimate of drug-likeness (QED) is 0.779. The third-order valence-electron chi connectivity index (χ3n) is 2.99. The highest BCUT2D eigenvalue weighted by Crippen LogP contribution is 2.33. The van der Waals surface area contributed by atoms with E-state index in [9.17, 15) is 9.59 Å². The highest BCUT2D eigenvalue weighted by atomic mass is 16.2. The molecule has 17 heavy (non-hydrogen) atoms. The second-order valence-corrected chi connectivity index (χ2v) is 4.39. The summed E-state index contributed by atoms with van der Waals surface area (Å²) in [7, 11) is 0. The van der Waals surface area contributed by atoms with Crippen LogP contribution in [0.15, 0.2) is 15.8 Å². The molecule has 1 aliphatic carbocycles. The Balaban J connectivity index is 2.55. The van der Waals surface area contributed by atoms with Gasteiger partial charge in [-0.3, -0.25) is 13.9 Å². The molecule has 0 amide bonds. The minimum absolute atomic E-state index is 0.0626. The number of unbranched alkanes of at least 4 members (excludes halogenated alkanes) is 1. The number of aromatic nitrogens is 2. The molecule has 0 saturated heterocycles. The van der Waals surface area contributed by atoms with Gasteiger partial charge in [-0.25, -0.2) is 4.79 Å². The number of hydrogen-bond acceptors (Lipinski definition) is 3. The third-order valence-corrected chi connectivity index (χ3v) is 2.99. The molecule has 0 radical (unpaired) electrons. The van der Waals surface area contributed by atoms with Gasteiger partial charge >= 0.3 is 5.69 Å². The second kappa shape index (κ2) is 4.58. The summed E-state index contributed by atoms with van der Waals surface area (Å²) in [6.07, 6.45) is 5.00. The molecule has 1 aliphatic rings. The van der Waals surface area contributed by atoms with E-state index in [0.29, 0.717) is 6.54 Å². The summed E-state index contributed by atoms with van der Waals surface area (Å²) in [5.41, 5.74) is -0.666. The zero-order chi connectivity index (χ0) is 12.4. The first-order valence-corrected chi connectivity index (χ1v) is 5.95. The van der Waals surface area contributed by atoms with Crippen molar-refractivity contribution in [1.82, 2.24) is 9.13 Å². The Kier molecular flexibility index (Phi) is 3.14. The van der Waals surface area contributed by atoms with Gasteiger partial charge < -0.3 is 0 Å². The maximum Gasteiger partial charge on any atom is 0.331 e. The summed E-state index contributed by atoms with van der Waals surface area (Å²) >= 11 is 0. The van der Waals surface area contributed by atoms with Crippen molar-refractivity contribution in [3.05, 3.63) is 32.6 Å². The first-order valence-electron chi connectivity index (χ1n) is 5.95. The Morgan fingerprint density at radius 3 is 2.71 bits per heavy atom. The summed E-state index contributed by atoms with van der Waals surface area (Å²) in [6, 6.07) is 2.05. The van der Waals surface area contributed by atoms with E-state index >= 15 is 0 Å². The minimum Gasteiger partial charge on any atom is -0.296 e. The van der Waals surface area contributed by atoms with Gasteiger partial charge in [0, 0.05) is 18.8 Å². The van der Waals surface area contributed by atoms with Crippen molar-refractivity contribution in [2.24, 2.45) is 0 Å². The van der Waals surface area contributed by atoms with Crippen molar-refractivity contribution in [2.45, 2.75) is 45.2 Å². The topological polar surface area (TPSA) is 67.8 Å². The molecule has 0 spiro atoms. The average molecular weight is 233 g/mol. The van der Waals surface area contributed by atoms with Crippen LogP contribution in [0.3, 0.4) is 0 Å². The van der Waals surface area contributed by atoms with Crippen molar-refractivity contribution in [3.63, 3.8) is 0 Å². The van der Waals surface area contributed by atoms with Crippen molar-refractivity contribution in [3.8, 4) is 6.07 Å². The summed E-state index contributed by atoms with van der Waals surface area (Å²) < 4.78 is 2.73. The Morgan fingerprint density at radius 1 is 1.47 bits per heavy atom. The fourth-order valence-corrected chi connectivity index (χ4v) is 1.83. The molecular weight excluding hydrogens is 218 g/mol. The standard InChI is InChI=1S/C12H15N3O2/c1-2-3-6-14-11(16)9(7-13)8-15(12(14)17)10-4-5-10/h8,10H,2-6H2,1H3. The molecule has 2 rings (SSSR count). The highest BCUT2D eigenvalue weighted by Gasteiger charge is 2.26. The molecule has 0 N–H and O–H groups in total. The molecule has 0 aromatic carbocycles. The molecule has 1 aromatic rings. The molecule has 1 saturated carbocycles. The fraction of sp³-hybridized carbons (Fsp3) is 0.583. The normalized spacial score (nSPS) is 14.6. The van der Waals surface area contributed by atoms with Crippen LogP contribution in [0.25, 0.3) is 0 Å². The highest BCUT2D eigenvalue weighted by molar-refractivity contribution is 5.23. The predicted molar refractivity (Wildman–Crippen MR) is 62.9 cm³/mol. The van der Waals surface area contributed by atoms with Crippen molar-refractivity contribution >= 4 is 0 Å². The van der Waals surface area contributed by atoms with E-state index in [1.165, 1.54) is 15.3 Å². The Bertz CT molecular complexity index is 573. The molecule has 1 aromatic heterocycles. The van der Waals surface area contributed by atoms with Crippen LogP contribution in [0.4, 0.5) is 0 Å². The van der Waals surface area contributed by atoms with Crippen LogP contribution in [0.5, 0.6) is 0 Å². The van der Waals surface area contributed by atoms with E-state index < -0.39 is 5.56 Å². The molecule has 5 heteroatoms. The van der Waals surface area contributed by atoms with Gasteiger partial charge in [-0.15, -0.1) is 0 Å². The molecule has 1 fully saturated rings. The maximum absolute atomic E-state index is 12.1. The average Bonchev–Trinajstić information content (AvgIpc) is 3.13. The van der Waals surface area contributed by atoms with Crippen LogP contribution >= 0.6 is 0 Å². The largest absolute Gasteiger partial charge is 0.331 e. The van der Waals surface area contributed by atoms with Gasteiger partial charge in [-0.05, 0) is 19.3 Å². The SMILES string of the molecule is CCCCn1c(=O)c(C#N)cn(C2CC2)c1=O. The lowest BCUT2D eigenvalue weighted by Crippen LogP contribution is -2.40. The van der Waals surface area contributed by atoms with Crippen molar-refractivity contribution in [2.75, 3.05) is 0 Å². The van der Waals surface area contributed by atoms with Crippen LogP contribution in [0.2, 0.25) is 0 Å². The van der Waals surface area contributed by atoms with Crippen LogP contribution in [0, 0.1) is 11.3 Å². The lowest BCUT2D eigenvalue weighted by Gasteiger charge is -2.09. The van der Waals surface area contributed by atoms with Gasteiger partial charge in [0.1, 0.15) is 11.6 Å². The van der Waals surface area contributed by atoms with Crippen molar-refractivity contribution < 1.29 is 0 Å². The van der Waals surface area contributed by atoms with Gasteiger partial charge in [-0.1, -0.05) is 13.3 Å². The van der Waals surface area contributed by atoms with E-state index in [2.05, 4.69) is 0 Å². The molecule has 0 bridgehead atoms. The van der Waals surface area contributed by atoms with Crippen LogP contribution in [0.1, 0.15) is 44.2 Å². The summed E-state index contributed by atoms with van der Waals surface area (Å²) in [4.78, 5) is 23.9.